The van der Waals surface area contributed by atoms with Crippen molar-refractivity contribution in [2.75, 3.05) is 0 Å². The molecule has 19 heavy (non-hydrogen) atoms. The first-order chi connectivity index (χ1) is 9.22. The topological polar surface area (TPSA) is 37.8 Å². The van der Waals surface area contributed by atoms with Gasteiger partial charge in [-0.3, -0.25) is 0 Å². The average molecular weight is 322 g/mol. The van der Waals surface area contributed by atoms with Crippen LogP contribution in [0.5, 0.6) is 0 Å². The third-order valence-electron chi connectivity index (χ3n) is 3.03. The summed E-state index contributed by atoms with van der Waals surface area (Å²) in [5, 5.41) is 3.40. The van der Waals surface area contributed by atoms with Crippen molar-refractivity contribution in [2.45, 2.75) is 25.4 Å². The molecule has 0 spiro atoms. The molecule has 0 amide bonds. The normalized spacial score (nSPS) is 14.6. The molecule has 0 radical (unpaired) electrons. The van der Waals surface area contributed by atoms with Crippen molar-refractivity contribution >= 4 is 15.9 Å². The Morgan fingerprint density at radius 3 is 2.95 bits per heavy atom. The lowest BCUT2D eigenvalue weighted by atomic mass is 10.2. The van der Waals surface area contributed by atoms with Gasteiger partial charge in [-0.1, -0.05) is 15.9 Å². The van der Waals surface area contributed by atoms with E-state index in [9.17, 15) is 4.39 Å². The van der Waals surface area contributed by atoms with Gasteiger partial charge in [0.2, 0.25) is 0 Å². The summed E-state index contributed by atoms with van der Waals surface area (Å²) >= 11 is 3.40. The van der Waals surface area contributed by atoms with E-state index >= 15 is 0 Å². The van der Waals surface area contributed by atoms with E-state index in [1.807, 2.05) is 6.07 Å². The summed E-state index contributed by atoms with van der Waals surface area (Å²) in [6.45, 7) is 0.729. The quantitative estimate of drug-likeness (QED) is 0.939. The SMILES string of the molecule is Fc1ccc(Br)c(-c2nccc(CNC3CC3)n2)c1. The van der Waals surface area contributed by atoms with Crippen molar-refractivity contribution in [2.24, 2.45) is 0 Å². The Morgan fingerprint density at radius 2 is 2.16 bits per heavy atom. The summed E-state index contributed by atoms with van der Waals surface area (Å²) in [4.78, 5) is 8.69. The second-order valence-electron chi connectivity index (χ2n) is 4.65. The van der Waals surface area contributed by atoms with E-state index in [0.29, 0.717) is 17.4 Å². The minimum Gasteiger partial charge on any atom is -0.308 e. The van der Waals surface area contributed by atoms with Crippen molar-refractivity contribution < 1.29 is 4.39 Å². The minimum absolute atomic E-state index is 0.289. The van der Waals surface area contributed by atoms with Gasteiger partial charge < -0.3 is 5.32 Å². The standard InChI is InChI=1S/C14H13BrFN3/c15-13-4-1-9(16)7-12(13)14-17-6-5-11(19-14)8-18-10-2-3-10/h1,4-7,10,18H,2-3,8H2. The Morgan fingerprint density at radius 1 is 1.32 bits per heavy atom. The number of hydrogen-bond acceptors (Lipinski definition) is 3. The molecule has 98 valence electrons. The van der Waals surface area contributed by atoms with Crippen LogP contribution >= 0.6 is 15.9 Å². The molecule has 0 atom stereocenters. The zero-order valence-electron chi connectivity index (χ0n) is 10.2. The number of nitrogens with one attached hydrogen (secondary N) is 1. The second-order valence-corrected chi connectivity index (χ2v) is 5.51. The van der Waals surface area contributed by atoms with Crippen LogP contribution in [0.25, 0.3) is 11.4 Å². The Labute approximate surface area is 119 Å². The predicted octanol–water partition coefficient (Wildman–Crippen LogP) is 3.30. The van der Waals surface area contributed by atoms with Gasteiger partial charge in [0.05, 0.1) is 5.69 Å². The number of hydrogen-bond donors (Lipinski definition) is 1. The molecule has 1 aliphatic rings. The van der Waals surface area contributed by atoms with Gasteiger partial charge in [0.1, 0.15) is 5.82 Å². The van der Waals surface area contributed by atoms with Crippen LogP contribution in [0.3, 0.4) is 0 Å². The molecule has 5 heteroatoms. The van der Waals surface area contributed by atoms with Crippen LogP contribution in [0.15, 0.2) is 34.9 Å². The summed E-state index contributed by atoms with van der Waals surface area (Å²) in [5.74, 6) is 0.254. The number of nitrogens with zero attached hydrogens (tertiary/aromatic N) is 2. The molecule has 0 saturated heterocycles. The Hall–Kier alpha value is -1.33. The van der Waals surface area contributed by atoms with E-state index in [4.69, 9.17) is 0 Å². The van der Waals surface area contributed by atoms with Crippen LogP contribution in [-0.4, -0.2) is 16.0 Å². The van der Waals surface area contributed by atoms with Crippen LogP contribution in [0, 0.1) is 5.82 Å². The van der Waals surface area contributed by atoms with E-state index in [-0.39, 0.29) is 5.82 Å². The fraction of sp³-hybridized carbons (Fsp3) is 0.286. The van der Waals surface area contributed by atoms with Gasteiger partial charge >= 0.3 is 0 Å². The van der Waals surface area contributed by atoms with Crippen molar-refractivity contribution in [3.8, 4) is 11.4 Å². The maximum Gasteiger partial charge on any atom is 0.160 e. The summed E-state index contributed by atoms with van der Waals surface area (Å²) in [6.07, 6.45) is 4.20. The molecule has 0 aliphatic heterocycles. The largest absolute Gasteiger partial charge is 0.308 e. The van der Waals surface area contributed by atoms with Gasteiger partial charge in [-0.15, -0.1) is 0 Å². The third-order valence-corrected chi connectivity index (χ3v) is 3.72. The number of benzene rings is 1. The summed E-state index contributed by atoms with van der Waals surface area (Å²) < 4.78 is 14.1. The Kier molecular flexibility index (Phi) is 3.57. The van der Waals surface area contributed by atoms with E-state index in [1.165, 1.54) is 25.0 Å². The van der Waals surface area contributed by atoms with E-state index in [2.05, 4.69) is 31.2 Å². The fourth-order valence-corrected chi connectivity index (χ4v) is 2.25. The lowest BCUT2D eigenvalue weighted by molar-refractivity contribution is 0.627. The molecule has 1 aromatic heterocycles. The van der Waals surface area contributed by atoms with Crippen molar-refractivity contribution in [1.82, 2.24) is 15.3 Å². The van der Waals surface area contributed by atoms with Gasteiger partial charge in [0.15, 0.2) is 5.82 Å². The molecule has 0 bridgehead atoms. The first-order valence-corrected chi connectivity index (χ1v) is 7.02. The Balaban J connectivity index is 1.86. The molecule has 1 heterocycles. The first-order valence-electron chi connectivity index (χ1n) is 6.23. The van der Waals surface area contributed by atoms with Crippen LogP contribution in [-0.2, 0) is 6.54 Å². The maximum atomic E-state index is 13.3. The van der Waals surface area contributed by atoms with Gasteiger partial charge in [-0.2, -0.15) is 0 Å². The molecule has 1 N–H and O–H groups in total. The maximum absolute atomic E-state index is 13.3. The van der Waals surface area contributed by atoms with Gasteiger partial charge in [-0.05, 0) is 37.1 Å². The minimum atomic E-state index is -0.289. The molecule has 0 unspecified atom stereocenters. The number of rotatable bonds is 4. The van der Waals surface area contributed by atoms with E-state index in [1.54, 1.807) is 12.3 Å². The smallest absolute Gasteiger partial charge is 0.160 e. The van der Waals surface area contributed by atoms with Crippen molar-refractivity contribution in [3.63, 3.8) is 0 Å². The number of halogens is 2. The lowest BCUT2D eigenvalue weighted by Crippen LogP contribution is -2.16. The monoisotopic (exact) mass is 321 g/mol. The molecule has 1 saturated carbocycles. The molecule has 1 fully saturated rings. The van der Waals surface area contributed by atoms with Crippen molar-refractivity contribution in [3.05, 3.63) is 46.4 Å². The zero-order valence-corrected chi connectivity index (χ0v) is 11.8. The molecule has 3 rings (SSSR count). The number of aromatic nitrogens is 2. The van der Waals surface area contributed by atoms with Crippen LogP contribution in [0.4, 0.5) is 4.39 Å². The van der Waals surface area contributed by atoms with Crippen LogP contribution in [0.1, 0.15) is 18.5 Å². The Bertz CT molecular complexity index is 599. The third kappa shape index (κ3) is 3.16. The van der Waals surface area contributed by atoms with E-state index in [0.717, 1.165) is 16.7 Å². The highest BCUT2D eigenvalue weighted by atomic mass is 79.9. The van der Waals surface area contributed by atoms with Gasteiger partial charge in [0, 0.05) is 28.8 Å². The van der Waals surface area contributed by atoms with Crippen LogP contribution < -0.4 is 5.32 Å². The molecule has 2 aromatic rings. The zero-order chi connectivity index (χ0) is 13.2. The highest BCUT2D eigenvalue weighted by Gasteiger charge is 2.20. The van der Waals surface area contributed by atoms with Gasteiger partial charge in [-0.25, -0.2) is 14.4 Å². The first kappa shape index (κ1) is 12.7. The fourth-order valence-electron chi connectivity index (χ4n) is 1.83. The molecular formula is C14H13BrFN3. The highest BCUT2D eigenvalue weighted by Crippen LogP contribution is 2.26. The van der Waals surface area contributed by atoms with Crippen molar-refractivity contribution in [1.29, 1.82) is 0 Å². The molecule has 1 aliphatic carbocycles. The average Bonchev–Trinajstić information content (AvgIpc) is 3.24. The predicted molar refractivity (Wildman–Crippen MR) is 75.0 cm³/mol. The van der Waals surface area contributed by atoms with Gasteiger partial charge in [0.25, 0.3) is 0 Å². The summed E-state index contributed by atoms with van der Waals surface area (Å²) in [6, 6.07) is 7.04. The van der Waals surface area contributed by atoms with Crippen LogP contribution in [0.2, 0.25) is 0 Å². The summed E-state index contributed by atoms with van der Waals surface area (Å²) in [5.41, 5.74) is 1.60. The molecule has 3 nitrogen and oxygen atoms in total. The second kappa shape index (κ2) is 5.35. The lowest BCUT2D eigenvalue weighted by Gasteiger charge is -2.06. The molecular weight excluding hydrogens is 309 g/mol. The summed E-state index contributed by atoms with van der Waals surface area (Å²) in [7, 11) is 0. The van der Waals surface area contributed by atoms with E-state index < -0.39 is 0 Å². The molecule has 1 aromatic carbocycles. The highest BCUT2D eigenvalue weighted by molar-refractivity contribution is 9.10.